The Labute approximate surface area is 273 Å². The molecule has 0 spiro atoms. The van der Waals surface area contributed by atoms with Gasteiger partial charge in [0.1, 0.15) is 30.0 Å². The van der Waals surface area contributed by atoms with E-state index in [1.165, 1.54) is 34.1 Å². The Kier molecular flexibility index (Phi) is 8.60. The summed E-state index contributed by atoms with van der Waals surface area (Å²) in [5.41, 5.74) is 2.46. The van der Waals surface area contributed by atoms with Gasteiger partial charge >= 0.3 is 0 Å². The van der Waals surface area contributed by atoms with Crippen molar-refractivity contribution in [1.82, 2.24) is 35.0 Å². The molecule has 4 heterocycles. The zero-order chi connectivity index (χ0) is 33.7. The van der Waals surface area contributed by atoms with Crippen LogP contribution < -0.4 is 10.6 Å². The molecule has 3 amide bonds. The lowest BCUT2D eigenvalue weighted by Crippen LogP contribution is -2.53. The van der Waals surface area contributed by atoms with Crippen LogP contribution in [0, 0.1) is 17.6 Å². The summed E-state index contributed by atoms with van der Waals surface area (Å²) in [5.74, 6) is -1.30. The number of amides is 3. The molecule has 254 valence electrons. The van der Waals surface area contributed by atoms with Crippen LogP contribution in [0.2, 0.25) is 0 Å². The number of rotatable bonds is 11. The maximum Gasteiger partial charge on any atom is 0.245 e. The SMILES string of the molecule is CNCC(=O)NC(C(=O)N1CC(F)CC1Cc1c(-c2nc3cc(F)ccc3n2CC2CC(F)CN2C=O)[nH]c2cc(F)ccc12)C1CC1. The summed E-state index contributed by atoms with van der Waals surface area (Å²) in [6, 6.07) is 6.59. The van der Waals surface area contributed by atoms with Crippen molar-refractivity contribution in [3.05, 3.63) is 53.6 Å². The number of carbonyl (C=O) groups excluding carboxylic acids is 3. The molecule has 4 aromatic rings. The maximum atomic E-state index is 15.2. The summed E-state index contributed by atoms with van der Waals surface area (Å²) in [7, 11) is 1.64. The molecule has 2 saturated heterocycles. The van der Waals surface area contributed by atoms with Crippen LogP contribution >= 0.6 is 0 Å². The van der Waals surface area contributed by atoms with Crippen molar-refractivity contribution in [3.63, 3.8) is 0 Å². The van der Waals surface area contributed by atoms with E-state index >= 15 is 4.39 Å². The quantitative estimate of drug-likeness (QED) is 0.167. The van der Waals surface area contributed by atoms with E-state index in [0.717, 1.165) is 12.8 Å². The smallest absolute Gasteiger partial charge is 0.245 e. The lowest BCUT2D eigenvalue weighted by atomic mass is 9.99. The summed E-state index contributed by atoms with van der Waals surface area (Å²) in [4.78, 5) is 49.2. The van der Waals surface area contributed by atoms with Gasteiger partial charge in [0, 0.05) is 42.4 Å². The minimum atomic E-state index is -1.28. The first-order valence-corrected chi connectivity index (χ1v) is 16.3. The van der Waals surface area contributed by atoms with Gasteiger partial charge in [0.15, 0.2) is 5.82 Å². The molecule has 2 aliphatic heterocycles. The van der Waals surface area contributed by atoms with Crippen LogP contribution in [0.25, 0.3) is 33.5 Å². The van der Waals surface area contributed by atoms with E-state index in [9.17, 15) is 27.6 Å². The molecule has 0 radical (unpaired) electrons. The molecule has 3 aliphatic rings. The minimum absolute atomic E-state index is 0.0185. The van der Waals surface area contributed by atoms with Crippen LogP contribution in [-0.4, -0.2) is 99.7 Å². The van der Waals surface area contributed by atoms with E-state index in [1.54, 1.807) is 23.7 Å². The van der Waals surface area contributed by atoms with Crippen molar-refractivity contribution >= 4 is 40.2 Å². The van der Waals surface area contributed by atoms with E-state index in [2.05, 4.69) is 15.6 Å². The molecule has 48 heavy (non-hydrogen) atoms. The van der Waals surface area contributed by atoms with E-state index < -0.39 is 42.1 Å². The zero-order valence-corrected chi connectivity index (χ0v) is 26.4. The molecule has 5 unspecified atom stereocenters. The Morgan fingerprint density at radius 2 is 1.77 bits per heavy atom. The van der Waals surface area contributed by atoms with Gasteiger partial charge in [-0.1, -0.05) is 0 Å². The highest BCUT2D eigenvalue weighted by Gasteiger charge is 2.44. The fourth-order valence-corrected chi connectivity index (χ4v) is 7.44. The van der Waals surface area contributed by atoms with Gasteiger partial charge in [-0.2, -0.15) is 0 Å². The van der Waals surface area contributed by atoms with E-state index in [0.29, 0.717) is 45.4 Å². The monoisotopic (exact) mass is 667 g/mol. The number of alkyl halides is 2. The van der Waals surface area contributed by atoms with E-state index in [-0.39, 0.29) is 63.2 Å². The van der Waals surface area contributed by atoms with Crippen molar-refractivity contribution in [2.45, 2.75) is 69.1 Å². The highest BCUT2D eigenvalue weighted by molar-refractivity contribution is 5.92. The third-order valence-corrected chi connectivity index (χ3v) is 9.84. The molecule has 3 N–H and O–H groups in total. The summed E-state index contributed by atoms with van der Waals surface area (Å²) >= 11 is 0. The molecule has 2 aromatic carbocycles. The lowest BCUT2D eigenvalue weighted by Gasteiger charge is -2.29. The predicted molar refractivity (Wildman–Crippen MR) is 170 cm³/mol. The van der Waals surface area contributed by atoms with Crippen molar-refractivity contribution in [3.8, 4) is 11.5 Å². The van der Waals surface area contributed by atoms with Gasteiger partial charge in [-0.05, 0) is 68.1 Å². The van der Waals surface area contributed by atoms with Crippen molar-refractivity contribution in [1.29, 1.82) is 0 Å². The summed E-state index contributed by atoms with van der Waals surface area (Å²) < 4.78 is 60.3. The summed E-state index contributed by atoms with van der Waals surface area (Å²) in [5, 5.41) is 6.26. The Bertz CT molecular complexity index is 1870. The molecule has 2 aromatic heterocycles. The fourth-order valence-electron chi connectivity index (χ4n) is 7.44. The molecule has 3 fully saturated rings. The van der Waals surface area contributed by atoms with Gasteiger partial charge in [0.2, 0.25) is 18.2 Å². The Balaban J connectivity index is 1.30. The van der Waals surface area contributed by atoms with Crippen LogP contribution in [0.3, 0.4) is 0 Å². The number of likely N-dealkylation sites (tertiary alicyclic amines) is 2. The van der Waals surface area contributed by atoms with E-state index in [4.69, 9.17) is 4.98 Å². The standard InChI is InChI=1S/C34H37F4N7O3/c1-39-13-30(47)42-31(18-2-3-18)34(48)44-15-22(38)8-23(44)12-26-25-6-4-19(35)10-27(25)40-32(26)33-41-28-11-20(36)5-7-29(28)45(33)16-24-9-21(37)14-43(24)17-46/h4-7,10-11,17-18,21-24,31,39-40H,2-3,8-9,12-16H2,1H3,(H,42,47). The van der Waals surface area contributed by atoms with Crippen LogP contribution in [0.1, 0.15) is 31.2 Å². The van der Waals surface area contributed by atoms with Gasteiger partial charge in [-0.3, -0.25) is 14.4 Å². The van der Waals surface area contributed by atoms with Gasteiger partial charge in [0.05, 0.1) is 42.4 Å². The van der Waals surface area contributed by atoms with E-state index in [1.807, 2.05) is 0 Å². The number of aromatic nitrogens is 3. The van der Waals surface area contributed by atoms with Crippen molar-refractivity contribution in [2.24, 2.45) is 5.92 Å². The highest BCUT2D eigenvalue weighted by Crippen LogP contribution is 2.38. The molecule has 7 rings (SSSR count). The van der Waals surface area contributed by atoms with Gasteiger partial charge in [-0.15, -0.1) is 0 Å². The number of nitrogens with one attached hydrogen (secondary N) is 3. The van der Waals surface area contributed by atoms with Crippen LogP contribution in [0.15, 0.2) is 36.4 Å². The number of halogens is 4. The number of fused-ring (bicyclic) bond motifs is 2. The Hall–Kier alpha value is -4.46. The zero-order valence-electron chi connectivity index (χ0n) is 26.4. The third-order valence-electron chi connectivity index (χ3n) is 9.84. The number of H-pyrrole nitrogens is 1. The lowest BCUT2D eigenvalue weighted by molar-refractivity contribution is -0.137. The number of aromatic amines is 1. The molecule has 1 saturated carbocycles. The van der Waals surface area contributed by atoms with Crippen LogP contribution in [0.4, 0.5) is 17.6 Å². The summed E-state index contributed by atoms with van der Waals surface area (Å²) in [6.07, 6.45) is 0.0891. The largest absolute Gasteiger partial charge is 0.352 e. The van der Waals surface area contributed by atoms with Gasteiger partial charge < -0.3 is 30.0 Å². The molecule has 10 nitrogen and oxygen atoms in total. The number of likely N-dealkylation sites (N-methyl/N-ethyl adjacent to an activating group) is 1. The second-order valence-corrected chi connectivity index (χ2v) is 13.2. The third kappa shape index (κ3) is 6.13. The molecule has 5 atom stereocenters. The van der Waals surface area contributed by atoms with Crippen LogP contribution in [-0.2, 0) is 27.3 Å². The topological polar surface area (TPSA) is 115 Å². The average molecular weight is 668 g/mol. The molecule has 1 aliphatic carbocycles. The normalized spacial score (nSPS) is 23.4. The second kappa shape index (κ2) is 12.9. The first kappa shape index (κ1) is 32.1. The van der Waals surface area contributed by atoms with Gasteiger partial charge in [-0.25, -0.2) is 22.5 Å². The number of benzene rings is 2. The first-order valence-electron chi connectivity index (χ1n) is 16.3. The number of imidazole rings is 1. The van der Waals surface area contributed by atoms with Crippen molar-refractivity contribution < 1.29 is 31.9 Å². The minimum Gasteiger partial charge on any atom is -0.352 e. The van der Waals surface area contributed by atoms with Gasteiger partial charge in [0.25, 0.3) is 0 Å². The number of hydrogen-bond acceptors (Lipinski definition) is 5. The number of nitrogens with zero attached hydrogens (tertiary/aromatic N) is 4. The molecule has 0 bridgehead atoms. The number of hydrogen-bond donors (Lipinski definition) is 3. The Morgan fingerprint density at radius 1 is 1.04 bits per heavy atom. The first-order chi connectivity index (χ1) is 23.1. The maximum absolute atomic E-state index is 15.2. The van der Waals surface area contributed by atoms with Crippen molar-refractivity contribution in [2.75, 3.05) is 26.7 Å². The van der Waals surface area contributed by atoms with Crippen LogP contribution in [0.5, 0.6) is 0 Å². The summed E-state index contributed by atoms with van der Waals surface area (Å²) in [6.45, 7) is 0.0558. The second-order valence-electron chi connectivity index (χ2n) is 13.2. The highest BCUT2D eigenvalue weighted by atomic mass is 19.1. The molecule has 14 heteroatoms. The number of carbonyl (C=O) groups is 3. The predicted octanol–water partition coefficient (Wildman–Crippen LogP) is 3.63. The average Bonchev–Trinajstić information content (AvgIpc) is 3.42. The molecular weight excluding hydrogens is 630 g/mol. The fraction of sp³-hybridized carbons (Fsp3) is 0.471. The Morgan fingerprint density at radius 3 is 2.52 bits per heavy atom. The molecular formula is C34H37F4N7O3.